The van der Waals surface area contributed by atoms with Gasteiger partial charge in [0.15, 0.2) is 0 Å². The minimum atomic E-state index is -0.216. The monoisotopic (exact) mass is 220 g/mol. The standard InChI is InChI=1S/C10H12N4S/c1-2-3-6-7(4-11)9(13)15-10(14)8(6)5-12/h6H,2-3,13-14H2,1H3. The zero-order valence-electron chi connectivity index (χ0n) is 8.45. The van der Waals surface area contributed by atoms with Crippen LogP contribution in [0, 0.1) is 28.6 Å². The van der Waals surface area contributed by atoms with Crippen LogP contribution in [0.3, 0.4) is 0 Å². The fourth-order valence-electron chi connectivity index (χ4n) is 1.56. The molecule has 15 heavy (non-hydrogen) atoms. The second-order valence-corrected chi connectivity index (χ2v) is 4.31. The van der Waals surface area contributed by atoms with Gasteiger partial charge in [0.1, 0.15) is 0 Å². The highest BCUT2D eigenvalue weighted by atomic mass is 32.2. The van der Waals surface area contributed by atoms with E-state index in [-0.39, 0.29) is 5.92 Å². The molecule has 0 saturated heterocycles. The van der Waals surface area contributed by atoms with Crippen molar-refractivity contribution in [1.82, 2.24) is 0 Å². The highest BCUT2D eigenvalue weighted by Gasteiger charge is 2.28. The maximum atomic E-state index is 8.98. The summed E-state index contributed by atoms with van der Waals surface area (Å²) in [5.74, 6) is -0.216. The van der Waals surface area contributed by atoms with Gasteiger partial charge in [-0.1, -0.05) is 25.1 Å². The third-order valence-electron chi connectivity index (χ3n) is 2.27. The van der Waals surface area contributed by atoms with E-state index in [0.29, 0.717) is 21.2 Å². The van der Waals surface area contributed by atoms with E-state index in [1.807, 2.05) is 6.92 Å². The van der Waals surface area contributed by atoms with Crippen LogP contribution in [0.1, 0.15) is 19.8 Å². The Morgan fingerprint density at radius 3 is 2.00 bits per heavy atom. The minimum absolute atomic E-state index is 0.216. The van der Waals surface area contributed by atoms with Gasteiger partial charge < -0.3 is 11.5 Å². The summed E-state index contributed by atoms with van der Waals surface area (Å²) in [6.45, 7) is 2.00. The Morgan fingerprint density at radius 1 is 1.20 bits per heavy atom. The van der Waals surface area contributed by atoms with Gasteiger partial charge in [-0.3, -0.25) is 0 Å². The van der Waals surface area contributed by atoms with E-state index in [1.165, 1.54) is 0 Å². The van der Waals surface area contributed by atoms with E-state index in [4.69, 9.17) is 22.0 Å². The van der Waals surface area contributed by atoms with Crippen LogP contribution in [-0.4, -0.2) is 0 Å². The second kappa shape index (κ2) is 4.77. The largest absolute Gasteiger partial charge is 0.392 e. The number of nitrogens with two attached hydrogens (primary N) is 2. The molecular formula is C10H12N4S. The molecule has 78 valence electrons. The van der Waals surface area contributed by atoms with Crippen molar-refractivity contribution in [1.29, 1.82) is 10.5 Å². The van der Waals surface area contributed by atoms with Gasteiger partial charge >= 0.3 is 0 Å². The normalized spacial score (nSPS) is 17.5. The summed E-state index contributed by atoms with van der Waals surface area (Å²) in [5.41, 5.74) is 12.4. The first-order valence-electron chi connectivity index (χ1n) is 4.63. The van der Waals surface area contributed by atoms with Crippen molar-refractivity contribution in [2.24, 2.45) is 17.4 Å². The van der Waals surface area contributed by atoms with Gasteiger partial charge in [-0.25, -0.2) is 0 Å². The molecule has 0 fully saturated rings. The van der Waals surface area contributed by atoms with Gasteiger partial charge in [-0.15, -0.1) is 0 Å². The molecule has 0 spiro atoms. The number of hydrogen-bond donors (Lipinski definition) is 2. The van der Waals surface area contributed by atoms with E-state index < -0.39 is 0 Å². The first-order valence-corrected chi connectivity index (χ1v) is 5.44. The molecule has 0 atom stereocenters. The lowest BCUT2D eigenvalue weighted by Crippen LogP contribution is -2.19. The van der Waals surface area contributed by atoms with Crippen LogP contribution in [0.2, 0.25) is 0 Å². The SMILES string of the molecule is CCCC1C(C#N)=C(N)SC(N)=C1C#N. The molecule has 4 nitrogen and oxygen atoms in total. The topological polar surface area (TPSA) is 99.6 Å². The summed E-state index contributed by atoms with van der Waals surface area (Å²) >= 11 is 1.11. The summed E-state index contributed by atoms with van der Waals surface area (Å²) in [5, 5.41) is 18.8. The molecule has 0 amide bonds. The van der Waals surface area contributed by atoms with E-state index in [0.717, 1.165) is 24.6 Å². The molecule has 0 aromatic rings. The Hall–Kier alpha value is -1.59. The van der Waals surface area contributed by atoms with Crippen LogP contribution in [-0.2, 0) is 0 Å². The van der Waals surface area contributed by atoms with Crippen molar-refractivity contribution in [3.05, 3.63) is 21.2 Å². The van der Waals surface area contributed by atoms with Gasteiger partial charge in [0, 0.05) is 5.92 Å². The molecule has 5 heteroatoms. The first kappa shape index (κ1) is 11.5. The summed E-state index contributed by atoms with van der Waals surface area (Å²) in [7, 11) is 0. The number of nitrogens with zero attached hydrogens (tertiary/aromatic N) is 2. The molecular weight excluding hydrogens is 208 g/mol. The molecule has 1 heterocycles. The number of thioether (sulfide) groups is 1. The van der Waals surface area contributed by atoms with Gasteiger partial charge in [-0.05, 0) is 6.42 Å². The molecule has 0 aromatic heterocycles. The minimum Gasteiger partial charge on any atom is -0.392 e. The summed E-state index contributed by atoms with van der Waals surface area (Å²) < 4.78 is 0. The molecule has 4 N–H and O–H groups in total. The zero-order chi connectivity index (χ0) is 11.4. The summed E-state index contributed by atoms with van der Waals surface area (Å²) in [6, 6.07) is 4.13. The fraction of sp³-hybridized carbons (Fsp3) is 0.400. The molecule has 1 rings (SSSR count). The van der Waals surface area contributed by atoms with Crippen molar-refractivity contribution in [3.8, 4) is 12.1 Å². The van der Waals surface area contributed by atoms with Crippen molar-refractivity contribution in [2.45, 2.75) is 19.8 Å². The molecule has 0 saturated carbocycles. The smallest absolute Gasteiger partial charge is 0.0981 e. The zero-order valence-corrected chi connectivity index (χ0v) is 9.27. The lowest BCUT2D eigenvalue weighted by atomic mass is 9.89. The van der Waals surface area contributed by atoms with Crippen LogP contribution < -0.4 is 11.5 Å². The quantitative estimate of drug-likeness (QED) is 0.735. The van der Waals surface area contributed by atoms with Gasteiger partial charge in [0.05, 0.1) is 33.3 Å². The molecule has 1 aliphatic rings. The predicted molar refractivity (Wildman–Crippen MR) is 59.6 cm³/mol. The van der Waals surface area contributed by atoms with Crippen LogP contribution in [0.25, 0.3) is 0 Å². The molecule has 0 bridgehead atoms. The summed E-state index contributed by atoms with van der Waals surface area (Å²) in [4.78, 5) is 0. The van der Waals surface area contributed by atoms with Crippen molar-refractivity contribution in [3.63, 3.8) is 0 Å². The highest BCUT2D eigenvalue weighted by molar-refractivity contribution is 8.06. The summed E-state index contributed by atoms with van der Waals surface area (Å²) in [6.07, 6.45) is 1.61. The number of allylic oxidation sites excluding steroid dienone is 2. The van der Waals surface area contributed by atoms with Gasteiger partial charge in [0.2, 0.25) is 0 Å². The van der Waals surface area contributed by atoms with Crippen LogP contribution in [0.4, 0.5) is 0 Å². The molecule has 0 radical (unpaired) electrons. The molecule has 1 aliphatic heterocycles. The van der Waals surface area contributed by atoms with E-state index >= 15 is 0 Å². The Labute approximate surface area is 93.2 Å². The van der Waals surface area contributed by atoms with E-state index in [2.05, 4.69) is 12.1 Å². The number of nitriles is 2. The second-order valence-electron chi connectivity index (χ2n) is 3.22. The third-order valence-corrected chi connectivity index (χ3v) is 3.15. The van der Waals surface area contributed by atoms with Gasteiger partial charge in [-0.2, -0.15) is 10.5 Å². The number of hydrogen-bond acceptors (Lipinski definition) is 5. The van der Waals surface area contributed by atoms with Crippen LogP contribution in [0.15, 0.2) is 21.2 Å². The van der Waals surface area contributed by atoms with Crippen molar-refractivity contribution in [2.75, 3.05) is 0 Å². The predicted octanol–water partition coefficient (Wildman–Crippen LogP) is 1.54. The van der Waals surface area contributed by atoms with Crippen molar-refractivity contribution < 1.29 is 0 Å². The van der Waals surface area contributed by atoms with Crippen LogP contribution in [0.5, 0.6) is 0 Å². The van der Waals surface area contributed by atoms with Crippen molar-refractivity contribution >= 4 is 11.8 Å². The Bertz CT molecular complexity index is 372. The Kier molecular flexibility index (Phi) is 3.65. The lowest BCUT2D eigenvalue weighted by Gasteiger charge is -2.22. The van der Waals surface area contributed by atoms with Crippen LogP contribution >= 0.6 is 11.8 Å². The first-order chi connectivity index (χ1) is 7.15. The highest BCUT2D eigenvalue weighted by Crippen LogP contribution is 2.38. The third kappa shape index (κ3) is 2.08. The average molecular weight is 220 g/mol. The van der Waals surface area contributed by atoms with E-state index in [1.54, 1.807) is 0 Å². The maximum Gasteiger partial charge on any atom is 0.0981 e. The molecule has 0 aliphatic carbocycles. The van der Waals surface area contributed by atoms with Gasteiger partial charge in [0.25, 0.3) is 0 Å². The molecule has 0 aromatic carbocycles. The van der Waals surface area contributed by atoms with E-state index in [9.17, 15) is 0 Å². The Morgan fingerprint density at radius 2 is 1.67 bits per heavy atom. The number of rotatable bonds is 2. The lowest BCUT2D eigenvalue weighted by molar-refractivity contribution is 0.646. The molecule has 0 unspecified atom stereocenters. The maximum absolute atomic E-state index is 8.98. The Balaban J connectivity index is 3.16. The fourth-order valence-corrected chi connectivity index (χ4v) is 2.39. The average Bonchev–Trinajstić information content (AvgIpc) is 2.18.